The molecule has 1 rings (SSSR count). The minimum absolute atomic E-state index is 0.0301. The molecule has 0 saturated heterocycles. The van der Waals surface area contributed by atoms with Crippen molar-refractivity contribution in [2.45, 2.75) is 38.6 Å². The van der Waals surface area contributed by atoms with Crippen LogP contribution in [0.3, 0.4) is 0 Å². The topological polar surface area (TPSA) is 96.3 Å². The molecule has 7 heteroatoms. The largest absolute Gasteiger partial charge is 0.481 e. The van der Waals surface area contributed by atoms with E-state index < -0.39 is 11.5 Å². The number of carboxylic acid groups (broad SMARTS) is 1. The Bertz CT molecular complexity index is 468. The number of nitrogens with zero attached hydrogens (tertiary/aromatic N) is 2. The van der Waals surface area contributed by atoms with E-state index in [1.54, 1.807) is 24.7 Å². The van der Waals surface area contributed by atoms with Crippen LogP contribution in [0.1, 0.15) is 32.4 Å². The van der Waals surface area contributed by atoms with Crippen LogP contribution in [0.4, 0.5) is 4.79 Å². The third kappa shape index (κ3) is 5.73. The molecule has 0 aliphatic carbocycles. The van der Waals surface area contributed by atoms with Gasteiger partial charge in [-0.1, -0.05) is 0 Å². The first kappa shape index (κ1) is 16.0. The summed E-state index contributed by atoms with van der Waals surface area (Å²) in [5.74, 6) is -0.864. The molecule has 1 heterocycles. The molecule has 0 unspecified atom stereocenters. The first-order valence-corrected chi connectivity index (χ1v) is 6.55. The highest BCUT2D eigenvalue weighted by molar-refractivity contribution is 5.74. The molecule has 1 aromatic rings. The second-order valence-electron chi connectivity index (χ2n) is 5.35. The van der Waals surface area contributed by atoms with Crippen molar-refractivity contribution in [3.63, 3.8) is 0 Å². The average Bonchev–Trinajstić information content (AvgIpc) is 2.72. The number of carboxylic acids is 1. The number of aromatic nitrogens is 2. The highest BCUT2D eigenvalue weighted by atomic mass is 16.4. The summed E-state index contributed by atoms with van der Waals surface area (Å²) in [6, 6.07) is 1.61. The molecule has 0 fully saturated rings. The molecule has 0 bridgehead atoms. The molecule has 0 radical (unpaired) electrons. The van der Waals surface area contributed by atoms with E-state index in [1.165, 1.54) is 0 Å². The van der Waals surface area contributed by atoms with Crippen molar-refractivity contribution >= 4 is 12.0 Å². The first-order valence-electron chi connectivity index (χ1n) is 6.55. The van der Waals surface area contributed by atoms with Crippen molar-refractivity contribution in [2.75, 3.05) is 6.54 Å². The zero-order valence-corrected chi connectivity index (χ0v) is 12.1. The quantitative estimate of drug-likeness (QED) is 0.692. The molecule has 7 nitrogen and oxygen atoms in total. The fraction of sp³-hybridized carbons (Fsp3) is 0.615. The van der Waals surface area contributed by atoms with Crippen LogP contribution in [-0.4, -0.2) is 39.0 Å². The number of amides is 2. The normalized spacial score (nSPS) is 11.2. The fourth-order valence-electron chi connectivity index (χ4n) is 1.78. The lowest BCUT2D eigenvalue weighted by molar-refractivity contribution is -0.137. The minimum atomic E-state index is -0.864. The lowest BCUT2D eigenvalue weighted by atomic mass is 9.99. The van der Waals surface area contributed by atoms with E-state index in [4.69, 9.17) is 5.11 Å². The third-order valence-corrected chi connectivity index (χ3v) is 3.00. The predicted molar refractivity (Wildman–Crippen MR) is 74.4 cm³/mol. The maximum atomic E-state index is 11.7. The molecule has 0 saturated carbocycles. The van der Waals surface area contributed by atoms with E-state index in [2.05, 4.69) is 15.7 Å². The zero-order valence-electron chi connectivity index (χ0n) is 12.1. The number of hydrogen-bond acceptors (Lipinski definition) is 3. The summed E-state index contributed by atoms with van der Waals surface area (Å²) in [6.45, 7) is 4.10. The molecule has 3 N–H and O–H groups in total. The van der Waals surface area contributed by atoms with Gasteiger partial charge in [0.05, 0.1) is 0 Å². The standard InChI is InChI=1S/C13H22N4O3/c1-13(2,7-4-11(18)19)16-12(20)14-8-5-10-6-9-15-17(10)3/h6,9H,4-5,7-8H2,1-3H3,(H,18,19)(H2,14,16,20). The zero-order chi connectivity index (χ0) is 15.2. The molecule has 0 aliphatic heterocycles. The maximum absolute atomic E-state index is 11.7. The van der Waals surface area contributed by atoms with Crippen LogP contribution in [0.2, 0.25) is 0 Å². The van der Waals surface area contributed by atoms with Crippen LogP contribution in [0.5, 0.6) is 0 Å². The van der Waals surface area contributed by atoms with Crippen LogP contribution in [0, 0.1) is 0 Å². The van der Waals surface area contributed by atoms with E-state index in [-0.39, 0.29) is 12.5 Å². The number of aryl methyl sites for hydroxylation is 1. The van der Waals surface area contributed by atoms with Gasteiger partial charge in [0.2, 0.25) is 0 Å². The van der Waals surface area contributed by atoms with Crippen molar-refractivity contribution in [1.29, 1.82) is 0 Å². The molecule has 20 heavy (non-hydrogen) atoms. The summed E-state index contributed by atoms with van der Waals surface area (Å²) in [5, 5.41) is 18.2. The van der Waals surface area contributed by atoms with Crippen LogP contribution >= 0.6 is 0 Å². The Balaban J connectivity index is 2.29. The number of urea groups is 1. The summed E-state index contributed by atoms with van der Waals surface area (Å²) in [5.41, 5.74) is 0.491. The van der Waals surface area contributed by atoms with Gasteiger partial charge in [-0.05, 0) is 26.3 Å². The van der Waals surface area contributed by atoms with Crippen molar-refractivity contribution in [1.82, 2.24) is 20.4 Å². The van der Waals surface area contributed by atoms with Crippen LogP contribution in [0.25, 0.3) is 0 Å². The Labute approximate surface area is 118 Å². The molecule has 0 atom stereocenters. The monoisotopic (exact) mass is 282 g/mol. The van der Waals surface area contributed by atoms with Gasteiger partial charge in [-0.3, -0.25) is 9.48 Å². The number of rotatable bonds is 7. The molecule has 0 spiro atoms. The van der Waals surface area contributed by atoms with E-state index in [1.807, 2.05) is 13.1 Å². The number of hydrogen-bond donors (Lipinski definition) is 3. The summed E-state index contributed by atoms with van der Waals surface area (Å²) >= 11 is 0. The van der Waals surface area contributed by atoms with E-state index in [0.717, 1.165) is 5.69 Å². The number of aliphatic carboxylic acids is 1. The summed E-state index contributed by atoms with van der Waals surface area (Å²) in [4.78, 5) is 22.3. The lowest BCUT2D eigenvalue weighted by Crippen LogP contribution is -2.49. The predicted octanol–water partition coefficient (Wildman–Crippen LogP) is 0.905. The average molecular weight is 282 g/mol. The third-order valence-electron chi connectivity index (χ3n) is 3.00. The molecule has 0 aliphatic rings. The van der Waals surface area contributed by atoms with E-state index in [0.29, 0.717) is 19.4 Å². The SMILES string of the molecule is Cn1nccc1CCNC(=O)NC(C)(C)CCC(=O)O. The summed E-state index contributed by atoms with van der Waals surface area (Å²) < 4.78 is 1.76. The Morgan fingerprint density at radius 2 is 2.15 bits per heavy atom. The first-order chi connectivity index (χ1) is 9.30. The summed E-state index contributed by atoms with van der Waals surface area (Å²) in [7, 11) is 1.85. The Hall–Kier alpha value is -2.05. The molecule has 112 valence electrons. The van der Waals surface area contributed by atoms with Gasteiger partial charge in [-0.2, -0.15) is 5.10 Å². The second-order valence-corrected chi connectivity index (χ2v) is 5.35. The lowest BCUT2D eigenvalue weighted by Gasteiger charge is -2.25. The van der Waals surface area contributed by atoms with Gasteiger partial charge in [0, 0.05) is 43.9 Å². The van der Waals surface area contributed by atoms with Gasteiger partial charge >= 0.3 is 12.0 Å². The maximum Gasteiger partial charge on any atom is 0.315 e. The van der Waals surface area contributed by atoms with Crippen molar-refractivity contribution in [2.24, 2.45) is 7.05 Å². The molecule has 0 aromatic carbocycles. The van der Waals surface area contributed by atoms with Gasteiger partial charge in [-0.25, -0.2) is 4.79 Å². The van der Waals surface area contributed by atoms with E-state index >= 15 is 0 Å². The molecule has 2 amide bonds. The minimum Gasteiger partial charge on any atom is -0.481 e. The van der Waals surface area contributed by atoms with Crippen LogP contribution < -0.4 is 10.6 Å². The van der Waals surface area contributed by atoms with Gasteiger partial charge in [0.15, 0.2) is 0 Å². The number of nitrogens with one attached hydrogen (secondary N) is 2. The number of carbonyl (C=O) groups is 2. The molecule has 1 aromatic heterocycles. The Morgan fingerprint density at radius 3 is 2.70 bits per heavy atom. The highest BCUT2D eigenvalue weighted by Crippen LogP contribution is 2.10. The van der Waals surface area contributed by atoms with Crippen molar-refractivity contribution < 1.29 is 14.7 Å². The Kier molecular flexibility index (Phi) is 5.54. The van der Waals surface area contributed by atoms with Gasteiger partial charge < -0.3 is 15.7 Å². The Morgan fingerprint density at radius 1 is 1.45 bits per heavy atom. The highest BCUT2D eigenvalue weighted by Gasteiger charge is 2.21. The van der Waals surface area contributed by atoms with Gasteiger partial charge in [-0.15, -0.1) is 0 Å². The van der Waals surface area contributed by atoms with Gasteiger partial charge in [0.25, 0.3) is 0 Å². The second kappa shape index (κ2) is 6.93. The van der Waals surface area contributed by atoms with Crippen molar-refractivity contribution in [3.05, 3.63) is 18.0 Å². The van der Waals surface area contributed by atoms with Gasteiger partial charge in [0.1, 0.15) is 0 Å². The van der Waals surface area contributed by atoms with E-state index in [9.17, 15) is 9.59 Å². The smallest absolute Gasteiger partial charge is 0.315 e. The molecular weight excluding hydrogens is 260 g/mol. The number of carbonyl (C=O) groups excluding carboxylic acids is 1. The van der Waals surface area contributed by atoms with Crippen LogP contribution in [0.15, 0.2) is 12.3 Å². The van der Waals surface area contributed by atoms with Crippen LogP contribution in [-0.2, 0) is 18.3 Å². The fourth-order valence-corrected chi connectivity index (χ4v) is 1.78. The summed E-state index contributed by atoms with van der Waals surface area (Å²) in [6.07, 6.45) is 2.82. The molecular formula is C13H22N4O3. The van der Waals surface area contributed by atoms with Crippen molar-refractivity contribution in [3.8, 4) is 0 Å².